The van der Waals surface area contributed by atoms with E-state index in [1.165, 1.54) is 12.8 Å². The van der Waals surface area contributed by atoms with Crippen LogP contribution in [-0.4, -0.2) is 41.1 Å². The molecule has 0 saturated carbocycles. The summed E-state index contributed by atoms with van der Waals surface area (Å²) >= 11 is 0. The zero-order chi connectivity index (χ0) is 19.1. The highest BCUT2D eigenvalue weighted by molar-refractivity contribution is 5.76. The van der Waals surface area contributed by atoms with Gasteiger partial charge in [0.1, 0.15) is 5.75 Å². The number of aromatic nitrogens is 2. The molecule has 1 aromatic heterocycles. The second kappa shape index (κ2) is 9.53. The Bertz CT molecular complexity index is 744. The first-order valence-electron chi connectivity index (χ1n) is 9.97. The van der Waals surface area contributed by atoms with Gasteiger partial charge in [0.15, 0.2) is 0 Å². The summed E-state index contributed by atoms with van der Waals surface area (Å²) in [6.07, 6.45) is 7.09. The third-order valence-electron chi connectivity index (χ3n) is 5.14. The van der Waals surface area contributed by atoms with Crippen molar-refractivity contribution in [3.63, 3.8) is 0 Å². The zero-order valence-electron chi connectivity index (χ0n) is 16.3. The minimum Gasteiger partial charge on any atom is -0.497 e. The van der Waals surface area contributed by atoms with Gasteiger partial charge in [0, 0.05) is 25.1 Å². The van der Waals surface area contributed by atoms with Gasteiger partial charge in [-0.25, -0.2) is 0 Å². The lowest BCUT2D eigenvalue weighted by molar-refractivity contribution is -0.132. The Labute approximate surface area is 160 Å². The molecule has 1 saturated heterocycles. The van der Waals surface area contributed by atoms with Gasteiger partial charge in [0.05, 0.1) is 13.0 Å². The number of rotatable bonds is 8. The van der Waals surface area contributed by atoms with Crippen LogP contribution in [0.1, 0.15) is 63.7 Å². The number of benzene rings is 1. The summed E-state index contributed by atoms with van der Waals surface area (Å²) in [4.78, 5) is 19.0. The van der Waals surface area contributed by atoms with Crippen LogP contribution in [0, 0.1) is 0 Å². The number of unbranched alkanes of at least 4 members (excludes halogenated alkanes) is 3. The Kier molecular flexibility index (Phi) is 6.85. The molecule has 0 bridgehead atoms. The lowest BCUT2D eigenvalue weighted by Crippen LogP contribution is -2.39. The summed E-state index contributed by atoms with van der Waals surface area (Å²) in [5.41, 5.74) is 0.865. The van der Waals surface area contributed by atoms with E-state index in [4.69, 9.17) is 9.26 Å². The first kappa shape index (κ1) is 19.4. The van der Waals surface area contributed by atoms with Crippen molar-refractivity contribution in [2.24, 2.45) is 0 Å². The molecule has 0 unspecified atom stereocenters. The fourth-order valence-electron chi connectivity index (χ4n) is 3.55. The number of likely N-dealkylation sites (tertiary alicyclic amines) is 1. The Morgan fingerprint density at radius 2 is 2.22 bits per heavy atom. The Balaban J connectivity index is 1.61. The number of amides is 1. The van der Waals surface area contributed by atoms with Gasteiger partial charge < -0.3 is 14.2 Å². The molecule has 27 heavy (non-hydrogen) atoms. The van der Waals surface area contributed by atoms with Crippen LogP contribution in [0.2, 0.25) is 0 Å². The van der Waals surface area contributed by atoms with Gasteiger partial charge in [0.2, 0.25) is 17.6 Å². The van der Waals surface area contributed by atoms with E-state index in [1.54, 1.807) is 7.11 Å². The summed E-state index contributed by atoms with van der Waals surface area (Å²) in [5, 5.41) is 4.13. The van der Waals surface area contributed by atoms with Gasteiger partial charge in [-0.2, -0.15) is 4.98 Å². The molecule has 2 heterocycles. The fourth-order valence-corrected chi connectivity index (χ4v) is 3.55. The molecule has 0 radical (unpaired) electrons. The lowest BCUT2D eigenvalue weighted by Gasteiger charge is -2.31. The maximum absolute atomic E-state index is 12.5. The van der Waals surface area contributed by atoms with E-state index in [0.29, 0.717) is 24.7 Å². The molecule has 1 fully saturated rings. The second-order valence-electron chi connectivity index (χ2n) is 7.18. The molecular weight excluding hydrogens is 342 g/mol. The summed E-state index contributed by atoms with van der Waals surface area (Å²) < 4.78 is 10.8. The number of carbonyl (C=O) groups excluding carboxylic acids is 1. The molecule has 1 amide bonds. The monoisotopic (exact) mass is 371 g/mol. The zero-order valence-corrected chi connectivity index (χ0v) is 16.3. The van der Waals surface area contributed by atoms with Gasteiger partial charge in [0.25, 0.3) is 0 Å². The predicted octanol–water partition coefficient (Wildman–Crippen LogP) is 4.42. The van der Waals surface area contributed by atoms with E-state index < -0.39 is 0 Å². The SMILES string of the molecule is CCCCCCC(=O)N1CCC[C@H](c2nc(-c3cccc(OC)c3)no2)C1. The van der Waals surface area contributed by atoms with E-state index in [-0.39, 0.29) is 11.8 Å². The first-order chi connectivity index (χ1) is 13.2. The molecule has 146 valence electrons. The van der Waals surface area contributed by atoms with Crippen LogP contribution < -0.4 is 4.74 Å². The van der Waals surface area contributed by atoms with Crippen LogP contribution >= 0.6 is 0 Å². The van der Waals surface area contributed by atoms with Crippen LogP contribution in [0.25, 0.3) is 11.4 Å². The summed E-state index contributed by atoms with van der Waals surface area (Å²) in [5.74, 6) is 2.31. The minimum atomic E-state index is 0.116. The summed E-state index contributed by atoms with van der Waals surface area (Å²) in [7, 11) is 1.64. The Morgan fingerprint density at radius 1 is 1.33 bits per heavy atom. The smallest absolute Gasteiger partial charge is 0.231 e. The summed E-state index contributed by atoms with van der Waals surface area (Å²) in [6.45, 7) is 3.69. The number of carbonyl (C=O) groups is 1. The molecule has 6 heteroatoms. The highest BCUT2D eigenvalue weighted by Gasteiger charge is 2.28. The predicted molar refractivity (Wildman–Crippen MR) is 104 cm³/mol. The van der Waals surface area contributed by atoms with Crippen molar-refractivity contribution >= 4 is 5.91 Å². The second-order valence-corrected chi connectivity index (χ2v) is 7.18. The number of hydrogen-bond donors (Lipinski definition) is 0. The quantitative estimate of drug-likeness (QED) is 0.643. The third-order valence-corrected chi connectivity index (χ3v) is 5.14. The highest BCUT2D eigenvalue weighted by atomic mass is 16.5. The molecule has 1 aromatic carbocycles. The average molecular weight is 371 g/mol. The van der Waals surface area contributed by atoms with Gasteiger partial charge in [-0.1, -0.05) is 43.5 Å². The van der Waals surface area contributed by atoms with E-state index in [2.05, 4.69) is 17.1 Å². The molecule has 0 aliphatic carbocycles. The van der Waals surface area contributed by atoms with Crippen molar-refractivity contribution in [3.05, 3.63) is 30.2 Å². The van der Waals surface area contributed by atoms with Crippen molar-refractivity contribution in [3.8, 4) is 17.1 Å². The van der Waals surface area contributed by atoms with Crippen molar-refractivity contribution in [1.82, 2.24) is 15.0 Å². The van der Waals surface area contributed by atoms with Crippen molar-refractivity contribution in [2.75, 3.05) is 20.2 Å². The molecular formula is C21H29N3O3. The van der Waals surface area contributed by atoms with Crippen LogP contribution in [0.3, 0.4) is 0 Å². The van der Waals surface area contributed by atoms with Crippen molar-refractivity contribution in [1.29, 1.82) is 0 Å². The number of piperidine rings is 1. The van der Waals surface area contributed by atoms with E-state index >= 15 is 0 Å². The molecule has 0 N–H and O–H groups in total. The molecule has 2 aromatic rings. The van der Waals surface area contributed by atoms with E-state index in [9.17, 15) is 4.79 Å². The largest absolute Gasteiger partial charge is 0.497 e. The highest BCUT2D eigenvalue weighted by Crippen LogP contribution is 2.29. The maximum Gasteiger partial charge on any atom is 0.231 e. The van der Waals surface area contributed by atoms with Crippen LogP contribution in [0.4, 0.5) is 0 Å². The molecule has 0 spiro atoms. The molecule has 1 atom stereocenters. The standard InChI is InChI=1S/C21H29N3O3/c1-3-4-5-6-12-19(25)24-13-8-10-17(15-24)21-22-20(23-27-21)16-9-7-11-18(14-16)26-2/h7,9,11,14,17H,3-6,8,10,12-13,15H2,1-2H3/t17-/m0/s1. The Morgan fingerprint density at radius 3 is 3.04 bits per heavy atom. The maximum atomic E-state index is 12.5. The minimum absolute atomic E-state index is 0.116. The third kappa shape index (κ3) is 5.08. The van der Waals surface area contributed by atoms with Gasteiger partial charge in [-0.05, 0) is 31.4 Å². The van der Waals surface area contributed by atoms with Crippen molar-refractivity contribution in [2.45, 2.75) is 57.8 Å². The van der Waals surface area contributed by atoms with Gasteiger partial charge in [-0.3, -0.25) is 4.79 Å². The van der Waals surface area contributed by atoms with Gasteiger partial charge in [-0.15, -0.1) is 0 Å². The van der Waals surface area contributed by atoms with Crippen molar-refractivity contribution < 1.29 is 14.1 Å². The lowest BCUT2D eigenvalue weighted by atomic mass is 9.97. The van der Waals surface area contributed by atoms with Crippen LogP contribution in [0.5, 0.6) is 5.75 Å². The summed E-state index contributed by atoms with van der Waals surface area (Å²) in [6, 6.07) is 7.62. The number of methoxy groups -OCH3 is 1. The number of ether oxygens (including phenoxy) is 1. The number of nitrogens with zero attached hydrogens (tertiary/aromatic N) is 3. The Hall–Kier alpha value is -2.37. The number of hydrogen-bond acceptors (Lipinski definition) is 5. The average Bonchev–Trinajstić information content (AvgIpc) is 3.21. The van der Waals surface area contributed by atoms with Gasteiger partial charge >= 0.3 is 0 Å². The van der Waals surface area contributed by atoms with E-state index in [0.717, 1.165) is 43.5 Å². The van der Waals surface area contributed by atoms with Crippen LogP contribution in [-0.2, 0) is 4.79 Å². The molecule has 1 aliphatic heterocycles. The van der Waals surface area contributed by atoms with Crippen LogP contribution in [0.15, 0.2) is 28.8 Å². The first-order valence-corrected chi connectivity index (χ1v) is 9.97. The molecule has 1 aliphatic rings. The fraction of sp³-hybridized carbons (Fsp3) is 0.571. The normalized spacial score (nSPS) is 17.1. The van der Waals surface area contributed by atoms with E-state index in [1.807, 2.05) is 29.2 Å². The molecule has 3 rings (SSSR count). The molecule has 6 nitrogen and oxygen atoms in total. The topological polar surface area (TPSA) is 68.5 Å².